The number of methoxy groups -OCH3 is 1. The smallest absolute Gasteiger partial charge is 0.152 e. The Kier molecular flexibility index (Phi) is 2.67. The van der Waals surface area contributed by atoms with Crippen LogP contribution in [-0.4, -0.2) is 33.1 Å². The number of ether oxygens (including phenoxy) is 1. The SMILES string of the molecule is COc1ccc([C@@H]2[C@H](N)[C@@H]2S(C)(=O)=O)cc1. The lowest BCUT2D eigenvalue weighted by atomic mass is 10.1. The van der Waals surface area contributed by atoms with Gasteiger partial charge < -0.3 is 10.5 Å². The topological polar surface area (TPSA) is 69.4 Å². The van der Waals surface area contributed by atoms with E-state index in [1.54, 1.807) is 7.11 Å². The monoisotopic (exact) mass is 241 g/mol. The Morgan fingerprint density at radius 1 is 1.25 bits per heavy atom. The first-order valence-corrected chi connectivity index (χ1v) is 6.99. The Labute approximate surface area is 95.3 Å². The van der Waals surface area contributed by atoms with E-state index >= 15 is 0 Å². The predicted molar refractivity (Wildman–Crippen MR) is 62.3 cm³/mol. The molecule has 1 saturated carbocycles. The van der Waals surface area contributed by atoms with Crippen molar-refractivity contribution in [2.75, 3.05) is 13.4 Å². The first-order valence-electron chi connectivity index (χ1n) is 5.03. The van der Waals surface area contributed by atoms with E-state index in [1.165, 1.54) is 6.26 Å². The molecule has 4 nitrogen and oxygen atoms in total. The summed E-state index contributed by atoms with van der Waals surface area (Å²) in [6.45, 7) is 0. The molecule has 0 bridgehead atoms. The third-order valence-electron chi connectivity index (χ3n) is 3.00. The summed E-state index contributed by atoms with van der Waals surface area (Å²) in [6, 6.07) is 7.10. The van der Waals surface area contributed by atoms with Crippen molar-refractivity contribution in [2.24, 2.45) is 5.73 Å². The Hall–Kier alpha value is -1.07. The van der Waals surface area contributed by atoms with E-state index in [2.05, 4.69) is 0 Å². The molecular formula is C11H15NO3S. The standard InChI is InChI=1S/C11H15NO3S/c1-15-8-5-3-7(4-6-8)9-10(12)11(9)16(2,13)14/h3-6,9-11H,12H2,1-2H3/t9-,10+,11-/m1/s1. The molecule has 2 N–H and O–H groups in total. The molecule has 0 heterocycles. The zero-order valence-corrected chi connectivity index (χ0v) is 10.1. The molecular weight excluding hydrogens is 226 g/mol. The Morgan fingerprint density at radius 3 is 2.19 bits per heavy atom. The summed E-state index contributed by atoms with van der Waals surface area (Å²) in [6.07, 6.45) is 1.24. The van der Waals surface area contributed by atoms with E-state index in [4.69, 9.17) is 10.5 Å². The van der Waals surface area contributed by atoms with Gasteiger partial charge in [-0.05, 0) is 17.7 Å². The molecule has 0 amide bonds. The first-order chi connectivity index (χ1) is 7.45. The van der Waals surface area contributed by atoms with Crippen LogP contribution in [0.5, 0.6) is 5.75 Å². The van der Waals surface area contributed by atoms with E-state index in [0.29, 0.717) is 0 Å². The third kappa shape index (κ3) is 1.92. The van der Waals surface area contributed by atoms with Crippen molar-refractivity contribution in [3.05, 3.63) is 29.8 Å². The predicted octanol–water partition coefficient (Wildman–Crippen LogP) is 0.533. The van der Waals surface area contributed by atoms with Crippen LogP contribution in [0.4, 0.5) is 0 Å². The van der Waals surface area contributed by atoms with E-state index in [9.17, 15) is 8.42 Å². The van der Waals surface area contributed by atoms with E-state index in [1.807, 2.05) is 24.3 Å². The first kappa shape index (κ1) is 11.4. The molecule has 1 fully saturated rings. The molecule has 2 rings (SSSR count). The lowest BCUT2D eigenvalue weighted by Gasteiger charge is -2.02. The molecule has 0 spiro atoms. The van der Waals surface area contributed by atoms with E-state index < -0.39 is 15.1 Å². The zero-order valence-electron chi connectivity index (χ0n) is 9.25. The average Bonchev–Trinajstić information content (AvgIpc) is 2.90. The largest absolute Gasteiger partial charge is 0.497 e. The Balaban J connectivity index is 2.21. The van der Waals surface area contributed by atoms with Crippen LogP contribution in [0.1, 0.15) is 11.5 Å². The lowest BCUT2D eigenvalue weighted by Crippen LogP contribution is -2.13. The second-order valence-electron chi connectivity index (χ2n) is 4.17. The quantitative estimate of drug-likeness (QED) is 0.838. The van der Waals surface area contributed by atoms with E-state index in [-0.39, 0.29) is 12.0 Å². The fourth-order valence-electron chi connectivity index (χ4n) is 2.10. The molecule has 1 aliphatic carbocycles. The maximum atomic E-state index is 11.4. The van der Waals surface area contributed by atoms with E-state index in [0.717, 1.165) is 11.3 Å². The van der Waals surface area contributed by atoms with Crippen molar-refractivity contribution in [3.8, 4) is 5.75 Å². The highest BCUT2D eigenvalue weighted by atomic mass is 32.2. The third-order valence-corrected chi connectivity index (χ3v) is 4.60. The lowest BCUT2D eigenvalue weighted by molar-refractivity contribution is 0.414. The van der Waals surface area contributed by atoms with Crippen LogP contribution in [0, 0.1) is 0 Å². The number of rotatable bonds is 3. The number of hydrogen-bond donors (Lipinski definition) is 1. The van der Waals surface area contributed by atoms with Crippen molar-refractivity contribution in [1.29, 1.82) is 0 Å². The molecule has 1 aromatic rings. The maximum absolute atomic E-state index is 11.4. The molecule has 3 atom stereocenters. The summed E-state index contributed by atoms with van der Waals surface area (Å²) < 4.78 is 27.9. The molecule has 0 aliphatic heterocycles. The number of hydrogen-bond acceptors (Lipinski definition) is 4. The van der Waals surface area contributed by atoms with Crippen molar-refractivity contribution in [2.45, 2.75) is 17.2 Å². The number of nitrogens with two attached hydrogens (primary N) is 1. The van der Waals surface area contributed by atoms with Crippen LogP contribution in [0.2, 0.25) is 0 Å². The van der Waals surface area contributed by atoms with Gasteiger partial charge in [-0.2, -0.15) is 0 Å². The van der Waals surface area contributed by atoms with Crippen LogP contribution in [-0.2, 0) is 9.84 Å². The van der Waals surface area contributed by atoms with Gasteiger partial charge in [0.05, 0.1) is 12.4 Å². The van der Waals surface area contributed by atoms with Gasteiger partial charge in [0.15, 0.2) is 9.84 Å². The van der Waals surface area contributed by atoms with Gasteiger partial charge in [0.2, 0.25) is 0 Å². The van der Waals surface area contributed by atoms with Gasteiger partial charge >= 0.3 is 0 Å². The molecule has 88 valence electrons. The highest BCUT2D eigenvalue weighted by Crippen LogP contribution is 2.44. The normalized spacial score (nSPS) is 28.8. The minimum atomic E-state index is -3.05. The Morgan fingerprint density at radius 2 is 1.81 bits per heavy atom. The molecule has 16 heavy (non-hydrogen) atoms. The van der Waals surface area contributed by atoms with Crippen LogP contribution >= 0.6 is 0 Å². The Bertz CT molecular complexity index is 480. The van der Waals surface area contributed by atoms with Gasteiger partial charge in [-0.3, -0.25) is 0 Å². The fourth-order valence-corrected chi connectivity index (χ4v) is 3.62. The molecule has 0 saturated heterocycles. The van der Waals surface area contributed by atoms with Crippen molar-refractivity contribution in [1.82, 2.24) is 0 Å². The minimum Gasteiger partial charge on any atom is -0.497 e. The molecule has 5 heteroatoms. The summed E-state index contributed by atoms with van der Waals surface area (Å²) in [5.41, 5.74) is 6.75. The van der Waals surface area contributed by atoms with Gasteiger partial charge in [-0.15, -0.1) is 0 Å². The second-order valence-corrected chi connectivity index (χ2v) is 6.37. The average molecular weight is 241 g/mol. The van der Waals surface area contributed by atoms with Crippen molar-refractivity contribution < 1.29 is 13.2 Å². The van der Waals surface area contributed by atoms with Crippen LogP contribution < -0.4 is 10.5 Å². The summed E-state index contributed by atoms with van der Waals surface area (Å²) >= 11 is 0. The van der Waals surface area contributed by atoms with Gasteiger partial charge in [0.1, 0.15) is 5.75 Å². The molecule has 0 aromatic heterocycles. The van der Waals surface area contributed by atoms with Gasteiger partial charge in [0.25, 0.3) is 0 Å². The fraction of sp³-hybridized carbons (Fsp3) is 0.455. The number of benzene rings is 1. The molecule has 0 unspecified atom stereocenters. The van der Waals surface area contributed by atoms with Crippen LogP contribution in [0.3, 0.4) is 0 Å². The minimum absolute atomic E-state index is 0.0686. The molecule has 1 aliphatic rings. The van der Waals surface area contributed by atoms with Gasteiger partial charge in [-0.25, -0.2) is 8.42 Å². The highest BCUT2D eigenvalue weighted by molar-refractivity contribution is 7.91. The maximum Gasteiger partial charge on any atom is 0.152 e. The van der Waals surface area contributed by atoms with Gasteiger partial charge in [0, 0.05) is 18.2 Å². The van der Waals surface area contributed by atoms with Crippen molar-refractivity contribution in [3.63, 3.8) is 0 Å². The molecule has 1 aromatic carbocycles. The highest BCUT2D eigenvalue weighted by Gasteiger charge is 2.54. The van der Waals surface area contributed by atoms with Crippen LogP contribution in [0.25, 0.3) is 0 Å². The van der Waals surface area contributed by atoms with Crippen LogP contribution in [0.15, 0.2) is 24.3 Å². The zero-order chi connectivity index (χ0) is 11.9. The van der Waals surface area contributed by atoms with Crippen molar-refractivity contribution >= 4 is 9.84 Å². The summed E-state index contributed by atoms with van der Waals surface area (Å²) in [5, 5.41) is -0.430. The summed E-state index contributed by atoms with van der Waals surface area (Å²) in [7, 11) is -1.45. The molecule has 0 radical (unpaired) electrons. The second kappa shape index (κ2) is 3.75. The summed E-state index contributed by atoms with van der Waals surface area (Å²) in [4.78, 5) is 0. The van der Waals surface area contributed by atoms with Gasteiger partial charge in [-0.1, -0.05) is 12.1 Å². The summed E-state index contributed by atoms with van der Waals surface area (Å²) in [5.74, 6) is 0.690. The number of sulfone groups is 1.